The van der Waals surface area contributed by atoms with Crippen LogP contribution in [0.15, 0.2) is 22.7 Å². The quantitative estimate of drug-likeness (QED) is 0.866. The standard InChI is InChI=1S/C11H9BrN2O3/c1-17-11(16)7-2-3-8(12)9(6-7)14-10(15)4-5-13/h2-3,6H,4H2,1H3,(H,14,15). The number of hydrogen-bond acceptors (Lipinski definition) is 4. The van der Waals surface area contributed by atoms with Gasteiger partial charge >= 0.3 is 5.97 Å². The molecule has 6 heteroatoms. The Morgan fingerprint density at radius 2 is 2.24 bits per heavy atom. The molecule has 1 rings (SSSR count). The summed E-state index contributed by atoms with van der Waals surface area (Å²) in [5.74, 6) is -0.927. The van der Waals surface area contributed by atoms with Crippen molar-refractivity contribution in [1.29, 1.82) is 5.26 Å². The second-order valence-electron chi connectivity index (χ2n) is 3.07. The Labute approximate surface area is 107 Å². The van der Waals surface area contributed by atoms with E-state index < -0.39 is 11.9 Å². The predicted molar refractivity (Wildman–Crippen MR) is 64.3 cm³/mol. The van der Waals surface area contributed by atoms with Gasteiger partial charge in [-0.25, -0.2) is 4.79 Å². The van der Waals surface area contributed by atoms with Gasteiger partial charge in [0.05, 0.1) is 24.4 Å². The average Bonchev–Trinajstić information content (AvgIpc) is 2.31. The van der Waals surface area contributed by atoms with Gasteiger partial charge in [0.1, 0.15) is 6.42 Å². The molecule has 0 saturated heterocycles. The lowest BCUT2D eigenvalue weighted by molar-refractivity contribution is -0.115. The summed E-state index contributed by atoms with van der Waals surface area (Å²) in [5, 5.41) is 10.9. The van der Waals surface area contributed by atoms with Crippen LogP contribution >= 0.6 is 15.9 Å². The summed E-state index contributed by atoms with van der Waals surface area (Å²) < 4.78 is 5.19. The van der Waals surface area contributed by atoms with Gasteiger partial charge in [0.25, 0.3) is 0 Å². The molecule has 17 heavy (non-hydrogen) atoms. The zero-order valence-corrected chi connectivity index (χ0v) is 10.6. The Morgan fingerprint density at radius 3 is 2.82 bits per heavy atom. The summed E-state index contributed by atoms with van der Waals surface area (Å²) in [6.07, 6.45) is -0.241. The van der Waals surface area contributed by atoms with Gasteiger partial charge in [-0.1, -0.05) is 0 Å². The number of hydrogen-bond donors (Lipinski definition) is 1. The van der Waals surface area contributed by atoms with E-state index in [-0.39, 0.29) is 6.42 Å². The minimum Gasteiger partial charge on any atom is -0.465 e. The number of carbonyl (C=O) groups excluding carboxylic acids is 2. The van der Waals surface area contributed by atoms with E-state index in [1.807, 2.05) is 0 Å². The van der Waals surface area contributed by atoms with Crippen molar-refractivity contribution in [2.75, 3.05) is 12.4 Å². The highest BCUT2D eigenvalue weighted by molar-refractivity contribution is 9.10. The summed E-state index contributed by atoms with van der Waals surface area (Å²) in [7, 11) is 1.28. The molecule has 0 aliphatic rings. The van der Waals surface area contributed by atoms with Crippen molar-refractivity contribution >= 4 is 33.5 Å². The minimum atomic E-state index is -0.492. The van der Waals surface area contributed by atoms with Crippen molar-refractivity contribution in [3.63, 3.8) is 0 Å². The zero-order valence-electron chi connectivity index (χ0n) is 8.99. The smallest absolute Gasteiger partial charge is 0.337 e. The molecule has 0 aliphatic carbocycles. The van der Waals surface area contributed by atoms with Crippen LogP contribution in [0.2, 0.25) is 0 Å². The van der Waals surface area contributed by atoms with Crippen LogP contribution in [0.5, 0.6) is 0 Å². The molecule has 0 bridgehead atoms. The number of esters is 1. The SMILES string of the molecule is COC(=O)c1ccc(Br)c(NC(=O)CC#N)c1. The fraction of sp³-hybridized carbons (Fsp3) is 0.182. The van der Waals surface area contributed by atoms with Crippen molar-refractivity contribution in [1.82, 2.24) is 0 Å². The van der Waals surface area contributed by atoms with Crippen LogP contribution in [0.1, 0.15) is 16.8 Å². The van der Waals surface area contributed by atoms with E-state index in [4.69, 9.17) is 5.26 Å². The van der Waals surface area contributed by atoms with Crippen molar-refractivity contribution < 1.29 is 14.3 Å². The maximum atomic E-state index is 11.3. The highest BCUT2D eigenvalue weighted by Gasteiger charge is 2.10. The maximum absolute atomic E-state index is 11.3. The van der Waals surface area contributed by atoms with Crippen LogP contribution in [-0.2, 0) is 9.53 Å². The Bertz CT molecular complexity index is 494. The van der Waals surface area contributed by atoms with Gasteiger partial charge in [0.15, 0.2) is 0 Å². The van der Waals surface area contributed by atoms with Crippen LogP contribution in [0.25, 0.3) is 0 Å². The van der Waals surface area contributed by atoms with Crippen LogP contribution in [-0.4, -0.2) is 19.0 Å². The van der Waals surface area contributed by atoms with Gasteiger partial charge in [-0.15, -0.1) is 0 Å². The van der Waals surface area contributed by atoms with Gasteiger partial charge in [-0.05, 0) is 34.1 Å². The lowest BCUT2D eigenvalue weighted by Gasteiger charge is -2.07. The first kappa shape index (κ1) is 13.2. The molecule has 1 N–H and O–H groups in total. The molecular formula is C11H9BrN2O3. The van der Waals surface area contributed by atoms with Crippen molar-refractivity contribution in [2.24, 2.45) is 0 Å². The summed E-state index contributed by atoms with van der Waals surface area (Å²) >= 11 is 3.23. The normalized spacial score (nSPS) is 9.24. The van der Waals surface area contributed by atoms with Gasteiger partial charge in [-0.2, -0.15) is 5.26 Å². The number of anilines is 1. The summed E-state index contributed by atoms with van der Waals surface area (Å²) in [6, 6.07) is 6.40. The number of rotatable bonds is 3. The van der Waals surface area contributed by atoms with E-state index in [2.05, 4.69) is 26.0 Å². The number of halogens is 1. The largest absolute Gasteiger partial charge is 0.465 e. The number of carbonyl (C=O) groups is 2. The molecule has 0 unspecified atom stereocenters. The number of amides is 1. The van der Waals surface area contributed by atoms with Gasteiger partial charge in [0.2, 0.25) is 5.91 Å². The van der Waals surface area contributed by atoms with Crippen LogP contribution < -0.4 is 5.32 Å². The van der Waals surface area contributed by atoms with Gasteiger partial charge in [-0.3, -0.25) is 4.79 Å². The monoisotopic (exact) mass is 296 g/mol. The average molecular weight is 297 g/mol. The van der Waals surface area contributed by atoms with E-state index >= 15 is 0 Å². The number of nitrogens with one attached hydrogen (secondary N) is 1. The summed E-state index contributed by atoms with van der Waals surface area (Å²) in [4.78, 5) is 22.5. The lowest BCUT2D eigenvalue weighted by Crippen LogP contribution is -2.11. The van der Waals surface area contributed by atoms with E-state index in [0.29, 0.717) is 15.7 Å². The fourth-order valence-electron chi connectivity index (χ4n) is 1.13. The molecule has 0 aromatic heterocycles. The van der Waals surface area contributed by atoms with Crippen molar-refractivity contribution in [2.45, 2.75) is 6.42 Å². The molecule has 0 radical (unpaired) electrons. The number of nitrogens with zero attached hydrogens (tertiary/aromatic N) is 1. The number of benzene rings is 1. The first-order valence-electron chi connectivity index (χ1n) is 4.63. The molecule has 1 aromatic carbocycles. The third-order valence-electron chi connectivity index (χ3n) is 1.90. The Morgan fingerprint density at radius 1 is 1.53 bits per heavy atom. The molecule has 0 fully saturated rings. The number of ether oxygens (including phenoxy) is 1. The molecule has 0 atom stereocenters. The molecule has 0 saturated carbocycles. The van der Waals surface area contributed by atoms with E-state index in [1.54, 1.807) is 18.2 Å². The lowest BCUT2D eigenvalue weighted by atomic mass is 10.2. The molecular weight excluding hydrogens is 288 g/mol. The second-order valence-corrected chi connectivity index (χ2v) is 3.92. The van der Waals surface area contributed by atoms with E-state index in [1.165, 1.54) is 13.2 Å². The predicted octanol–water partition coefficient (Wildman–Crippen LogP) is 2.09. The first-order valence-corrected chi connectivity index (χ1v) is 5.42. The summed E-state index contributed by atoms with van der Waals surface area (Å²) in [6.45, 7) is 0. The van der Waals surface area contributed by atoms with Crippen LogP contribution in [0.3, 0.4) is 0 Å². The third-order valence-corrected chi connectivity index (χ3v) is 2.59. The van der Waals surface area contributed by atoms with Gasteiger partial charge in [0, 0.05) is 4.47 Å². The minimum absolute atomic E-state index is 0.241. The van der Waals surface area contributed by atoms with Crippen molar-refractivity contribution in [3.05, 3.63) is 28.2 Å². The van der Waals surface area contributed by atoms with Crippen molar-refractivity contribution in [3.8, 4) is 6.07 Å². The van der Waals surface area contributed by atoms with E-state index in [0.717, 1.165) is 0 Å². The highest BCUT2D eigenvalue weighted by Crippen LogP contribution is 2.24. The maximum Gasteiger partial charge on any atom is 0.337 e. The number of nitriles is 1. The van der Waals surface area contributed by atoms with Crippen LogP contribution in [0.4, 0.5) is 5.69 Å². The molecule has 0 spiro atoms. The molecule has 0 heterocycles. The second kappa shape index (κ2) is 6.01. The number of methoxy groups -OCH3 is 1. The fourth-order valence-corrected chi connectivity index (χ4v) is 1.48. The van der Waals surface area contributed by atoms with Gasteiger partial charge < -0.3 is 10.1 Å². The highest BCUT2D eigenvalue weighted by atomic mass is 79.9. The van der Waals surface area contributed by atoms with E-state index in [9.17, 15) is 9.59 Å². The molecule has 5 nitrogen and oxygen atoms in total. The molecule has 1 aromatic rings. The summed E-state index contributed by atoms with van der Waals surface area (Å²) in [5.41, 5.74) is 0.746. The zero-order chi connectivity index (χ0) is 12.8. The van der Waals surface area contributed by atoms with Crippen LogP contribution in [0, 0.1) is 11.3 Å². The Hall–Kier alpha value is -1.87. The topological polar surface area (TPSA) is 79.2 Å². The molecule has 88 valence electrons. The Kier molecular flexibility index (Phi) is 4.67. The molecule has 1 amide bonds. The first-order chi connectivity index (χ1) is 8.08. The molecule has 0 aliphatic heterocycles. The Balaban J connectivity index is 2.95. The third kappa shape index (κ3) is 3.57.